The molecule has 1 atom stereocenters. The molecule has 13 heteroatoms. The summed E-state index contributed by atoms with van der Waals surface area (Å²) < 4.78 is 82.2. The highest BCUT2D eigenvalue weighted by Gasteiger charge is 2.58. The first-order valence-electron chi connectivity index (χ1n) is 9.22. The van der Waals surface area contributed by atoms with E-state index in [0.717, 1.165) is 26.0 Å². The second-order valence-electron chi connectivity index (χ2n) is 8.25. The predicted molar refractivity (Wildman–Crippen MR) is 99.5 cm³/mol. The van der Waals surface area contributed by atoms with Crippen molar-refractivity contribution in [2.45, 2.75) is 51.4 Å². The van der Waals surface area contributed by atoms with Gasteiger partial charge >= 0.3 is 12.1 Å². The normalized spacial score (nSPS) is 18.6. The van der Waals surface area contributed by atoms with Crippen molar-refractivity contribution in [1.82, 2.24) is 10.6 Å². The fraction of sp³-hybridized carbons (Fsp3) is 0.526. The van der Waals surface area contributed by atoms with Crippen LogP contribution in [0.25, 0.3) is 0 Å². The molecule has 0 fully saturated rings. The number of hydrogen-bond acceptors (Lipinski definition) is 4. The molecule has 7 nitrogen and oxygen atoms in total. The first kappa shape index (κ1) is 25.3. The van der Waals surface area contributed by atoms with Crippen molar-refractivity contribution in [2.75, 3.05) is 11.9 Å². The van der Waals surface area contributed by atoms with Gasteiger partial charge < -0.3 is 20.7 Å². The molecule has 0 aromatic heterocycles. The number of hydrogen-bond donors (Lipinski definition) is 3. The lowest BCUT2D eigenvalue weighted by atomic mass is 9.89. The molecule has 2 rings (SSSR count). The van der Waals surface area contributed by atoms with Crippen LogP contribution in [0, 0.1) is 11.2 Å². The molecular weight excluding hydrogens is 448 g/mol. The van der Waals surface area contributed by atoms with Gasteiger partial charge in [-0.3, -0.25) is 14.4 Å². The predicted octanol–water partition coefficient (Wildman–Crippen LogP) is 2.76. The van der Waals surface area contributed by atoms with E-state index in [4.69, 9.17) is 4.74 Å². The average Bonchev–Trinajstić information content (AvgIpc) is 2.72. The number of ether oxygens (including phenoxy) is 1. The van der Waals surface area contributed by atoms with Crippen LogP contribution in [0.1, 0.15) is 27.7 Å². The zero-order valence-corrected chi connectivity index (χ0v) is 17.4. The highest BCUT2D eigenvalue weighted by atomic mass is 19.4. The number of fused-ring (bicyclic) bond motifs is 1. The van der Waals surface area contributed by atoms with Crippen LogP contribution in [0.3, 0.4) is 0 Å². The van der Waals surface area contributed by atoms with Gasteiger partial charge in [0.15, 0.2) is 0 Å². The Kier molecular flexibility index (Phi) is 6.45. The lowest BCUT2D eigenvalue weighted by Gasteiger charge is -2.34. The SMILES string of the molecule is CC(C)(C(=O)NCC(F)(F)C(F)(F)F)C(=O)N[C@@H]1C(=O)Nc2cc(F)ccc2OC1(C)C. The minimum absolute atomic E-state index is 0.00814. The van der Waals surface area contributed by atoms with E-state index in [9.17, 15) is 40.7 Å². The zero-order chi connectivity index (χ0) is 24.7. The Hall–Kier alpha value is -2.99. The van der Waals surface area contributed by atoms with Crippen molar-refractivity contribution in [2.24, 2.45) is 5.41 Å². The number of rotatable bonds is 5. The van der Waals surface area contributed by atoms with Crippen LogP contribution >= 0.6 is 0 Å². The lowest BCUT2D eigenvalue weighted by Crippen LogP contribution is -2.61. The van der Waals surface area contributed by atoms with Gasteiger partial charge in [-0.15, -0.1) is 0 Å². The average molecular weight is 469 g/mol. The van der Waals surface area contributed by atoms with Gasteiger partial charge in [0.05, 0.1) is 12.2 Å². The van der Waals surface area contributed by atoms with E-state index < -0.39 is 59.2 Å². The smallest absolute Gasteiger partial charge is 0.455 e. The first-order chi connectivity index (χ1) is 14.4. The number of nitrogens with one attached hydrogen (secondary N) is 3. The molecule has 1 aromatic rings. The summed E-state index contributed by atoms with van der Waals surface area (Å²) >= 11 is 0. The largest absolute Gasteiger partial charge is 0.483 e. The molecule has 3 amide bonds. The maximum absolute atomic E-state index is 13.5. The van der Waals surface area contributed by atoms with E-state index in [1.54, 1.807) is 0 Å². The van der Waals surface area contributed by atoms with Crippen molar-refractivity contribution < 1.29 is 45.5 Å². The van der Waals surface area contributed by atoms with E-state index >= 15 is 0 Å². The summed E-state index contributed by atoms with van der Waals surface area (Å²) in [5, 5.41) is 6.04. The molecule has 0 aliphatic carbocycles. The summed E-state index contributed by atoms with van der Waals surface area (Å²) in [4.78, 5) is 37.5. The van der Waals surface area contributed by atoms with E-state index in [1.165, 1.54) is 25.2 Å². The van der Waals surface area contributed by atoms with Gasteiger partial charge in [0, 0.05) is 6.07 Å². The van der Waals surface area contributed by atoms with Crippen LogP contribution in [0.15, 0.2) is 18.2 Å². The minimum Gasteiger partial charge on any atom is -0.483 e. The summed E-state index contributed by atoms with van der Waals surface area (Å²) in [6.07, 6.45) is -5.89. The Balaban J connectivity index is 2.17. The molecule has 0 bridgehead atoms. The monoisotopic (exact) mass is 469 g/mol. The summed E-state index contributed by atoms with van der Waals surface area (Å²) in [6.45, 7) is 2.75. The van der Waals surface area contributed by atoms with Gasteiger partial charge in [-0.1, -0.05) is 0 Å². The maximum atomic E-state index is 13.5. The Bertz CT molecular complexity index is 930. The molecule has 1 heterocycles. The van der Waals surface area contributed by atoms with Gasteiger partial charge in [0.25, 0.3) is 5.91 Å². The second kappa shape index (κ2) is 8.17. The maximum Gasteiger partial charge on any atom is 0.455 e. The first-order valence-corrected chi connectivity index (χ1v) is 9.22. The number of carbonyl (C=O) groups is 3. The molecule has 0 saturated heterocycles. The summed E-state index contributed by atoms with van der Waals surface area (Å²) in [5.41, 5.74) is -3.56. The molecular formula is C19H21F6N3O4. The van der Waals surface area contributed by atoms with E-state index in [2.05, 4.69) is 10.6 Å². The third kappa shape index (κ3) is 5.07. The van der Waals surface area contributed by atoms with Crippen molar-refractivity contribution in [1.29, 1.82) is 0 Å². The second-order valence-corrected chi connectivity index (χ2v) is 8.25. The molecule has 178 valence electrons. The molecule has 32 heavy (non-hydrogen) atoms. The number of anilines is 1. The van der Waals surface area contributed by atoms with E-state index in [1.807, 2.05) is 0 Å². The third-order valence-corrected chi connectivity index (χ3v) is 4.83. The van der Waals surface area contributed by atoms with Crippen LogP contribution < -0.4 is 20.7 Å². The summed E-state index contributed by atoms with van der Waals surface area (Å²) in [5.74, 6) is -9.15. The fourth-order valence-corrected chi connectivity index (χ4v) is 2.72. The Labute approximate surface area is 178 Å². The van der Waals surface area contributed by atoms with E-state index in [-0.39, 0.29) is 11.4 Å². The topological polar surface area (TPSA) is 96.5 Å². The van der Waals surface area contributed by atoms with Crippen LogP contribution in [0.2, 0.25) is 0 Å². The van der Waals surface area contributed by atoms with Crippen LogP contribution in [0.5, 0.6) is 5.75 Å². The molecule has 0 spiro atoms. The number of carbonyl (C=O) groups excluding carboxylic acids is 3. The Morgan fingerprint density at radius 1 is 1.12 bits per heavy atom. The fourth-order valence-electron chi connectivity index (χ4n) is 2.72. The lowest BCUT2D eigenvalue weighted by molar-refractivity contribution is -0.278. The molecule has 0 unspecified atom stereocenters. The Morgan fingerprint density at radius 2 is 1.72 bits per heavy atom. The van der Waals surface area contributed by atoms with E-state index in [0.29, 0.717) is 0 Å². The summed E-state index contributed by atoms with van der Waals surface area (Å²) in [7, 11) is 0. The van der Waals surface area contributed by atoms with Crippen molar-refractivity contribution in [3.63, 3.8) is 0 Å². The number of halogens is 6. The molecule has 1 aliphatic rings. The highest BCUT2D eigenvalue weighted by Crippen LogP contribution is 2.35. The van der Waals surface area contributed by atoms with Crippen molar-refractivity contribution >= 4 is 23.4 Å². The number of benzene rings is 1. The quantitative estimate of drug-likeness (QED) is 0.457. The van der Waals surface area contributed by atoms with Crippen molar-refractivity contribution in [3.8, 4) is 5.75 Å². The molecule has 1 aliphatic heterocycles. The molecule has 3 N–H and O–H groups in total. The van der Waals surface area contributed by atoms with Crippen LogP contribution in [-0.4, -0.2) is 48.0 Å². The van der Waals surface area contributed by atoms with Gasteiger partial charge in [0.1, 0.15) is 28.6 Å². The molecule has 1 aromatic carbocycles. The molecule has 0 saturated carbocycles. The van der Waals surface area contributed by atoms with Gasteiger partial charge in [-0.2, -0.15) is 22.0 Å². The highest BCUT2D eigenvalue weighted by molar-refractivity contribution is 6.07. The minimum atomic E-state index is -5.89. The van der Waals surface area contributed by atoms with Gasteiger partial charge in [-0.25, -0.2) is 4.39 Å². The third-order valence-electron chi connectivity index (χ3n) is 4.83. The number of alkyl halides is 5. The van der Waals surface area contributed by atoms with Crippen LogP contribution in [-0.2, 0) is 14.4 Å². The zero-order valence-electron chi connectivity index (χ0n) is 17.4. The Morgan fingerprint density at radius 3 is 2.28 bits per heavy atom. The molecule has 0 radical (unpaired) electrons. The standard InChI is InChI=1S/C19H21F6N3O4/c1-16(2,14(30)26-8-18(21,22)19(23,24)25)15(31)28-12-13(29)27-10-7-9(20)5-6-11(10)32-17(12,3)4/h5-7,12H,8H2,1-4H3,(H,26,30)(H,27,29)(H,28,31)/t12-/m1/s1. The number of amides is 3. The summed E-state index contributed by atoms with van der Waals surface area (Å²) in [6, 6.07) is 1.90. The van der Waals surface area contributed by atoms with Crippen molar-refractivity contribution in [3.05, 3.63) is 24.0 Å². The van der Waals surface area contributed by atoms with Crippen LogP contribution in [0.4, 0.5) is 32.0 Å². The van der Waals surface area contributed by atoms with Gasteiger partial charge in [-0.05, 0) is 39.8 Å². The van der Waals surface area contributed by atoms with Gasteiger partial charge in [0.2, 0.25) is 11.8 Å².